The zero-order valence-corrected chi connectivity index (χ0v) is 12.0. The van der Waals surface area contributed by atoms with Crippen LogP contribution in [0.25, 0.3) is 0 Å². The predicted molar refractivity (Wildman–Crippen MR) is 65.1 cm³/mol. The Morgan fingerprint density at radius 3 is 1.82 bits per heavy atom. The van der Waals surface area contributed by atoms with Crippen LogP contribution in [0, 0.1) is 0 Å². The van der Waals surface area contributed by atoms with Crippen LogP contribution >= 0.6 is 0 Å². The lowest BCUT2D eigenvalue weighted by Crippen LogP contribution is -2.33. The molecule has 0 radical (unpaired) electrons. The highest BCUT2D eigenvalue weighted by Gasteiger charge is 2.33. The topological polar surface area (TPSA) is 90.9 Å². The van der Waals surface area contributed by atoms with Crippen molar-refractivity contribution in [3.8, 4) is 0 Å². The van der Waals surface area contributed by atoms with Gasteiger partial charge in [-0.2, -0.15) is 0 Å². The smallest absolute Gasteiger partial charge is 0.273 e. The van der Waals surface area contributed by atoms with Crippen LogP contribution in [0.5, 0.6) is 0 Å². The Labute approximate surface area is 102 Å². The number of sulfonamides is 1. The van der Waals surface area contributed by atoms with Crippen LogP contribution in [-0.4, -0.2) is 23.2 Å². The fourth-order valence-corrected chi connectivity index (χ4v) is 2.31. The van der Waals surface area contributed by atoms with Gasteiger partial charge < -0.3 is 0 Å². The van der Waals surface area contributed by atoms with Crippen molar-refractivity contribution >= 4 is 10.0 Å². The average molecular weight is 260 g/mol. The van der Waals surface area contributed by atoms with E-state index in [-0.39, 0.29) is 10.6 Å². The van der Waals surface area contributed by atoms with E-state index in [4.69, 9.17) is 5.14 Å². The molecular formula is C10H20N4O2S. The first-order valence-electron chi connectivity index (χ1n) is 5.34. The summed E-state index contributed by atoms with van der Waals surface area (Å²) in [4.78, 5) is 0. The van der Waals surface area contributed by atoms with Crippen LogP contribution in [0.15, 0.2) is 5.16 Å². The molecule has 0 aliphatic carbocycles. The normalized spacial score (nSPS) is 14.1. The molecule has 0 saturated heterocycles. The molecule has 0 amide bonds. The highest BCUT2D eigenvalue weighted by Crippen LogP contribution is 2.28. The number of rotatable bonds is 1. The Morgan fingerprint density at radius 1 is 1.06 bits per heavy atom. The molecule has 0 saturated carbocycles. The second kappa shape index (κ2) is 3.78. The number of primary sulfonamides is 1. The molecule has 0 aromatic carbocycles. The molecular weight excluding hydrogens is 240 g/mol. The number of aromatic nitrogens is 3. The second-order valence-electron chi connectivity index (χ2n) is 6.11. The molecule has 98 valence electrons. The van der Waals surface area contributed by atoms with Gasteiger partial charge in [-0.15, -0.1) is 10.2 Å². The van der Waals surface area contributed by atoms with E-state index in [2.05, 4.69) is 10.2 Å². The van der Waals surface area contributed by atoms with Gasteiger partial charge in [-0.3, -0.25) is 4.57 Å². The number of nitrogens with two attached hydrogens (primary N) is 1. The maximum atomic E-state index is 11.5. The number of hydrogen-bond donors (Lipinski definition) is 1. The summed E-state index contributed by atoms with van der Waals surface area (Å²) in [7, 11) is -3.87. The summed E-state index contributed by atoms with van der Waals surface area (Å²) >= 11 is 0. The molecule has 0 atom stereocenters. The first kappa shape index (κ1) is 14.1. The fourth-order valence-electron chi connectivity index (χ4n) is 1.54. The SMILES string of the molecule is CC(C)(C)c1nnc(S(N)(=O)=O)n1C(C)(C)C. The fraction of sp³-hybridized carbons (Fsp3) is 0.800. The maximum Gasteiger partial charge on any atom is 0.273 e. The Kier molecular flexibility index (Phi) is 3.13. The van der Waals surface area contributed by atoms with E-state index in [0.717, 1.165) is 0 Å². The van der Waals surface area contributed by atoms with Crippen molar-refractivity contribution in [2.24, 2.45) is 5.14 Å². The Balaban J connectivity index is 3.65. The molecule has 0 unspecified atom stereocenters. The molecule has 7 heteroatoms. The molecule has 0 aliphatic rings. The van der Waals surface area contributed by atoms with E-state index in [1.165, 1.54) is 0 Å². The third-order valence-electron chi connectivity index (χ3n) is 2.23. The van der Waals surface area contributed by atoms with E-state index in [0.29, 0.717) is 5.82 Å². The summed E-state index contributed by atoms with van der Waals surface area (Å²) < 4.78 is 24.6. The molecule has 0 fully saturated rings. The van der Waals surface area contributed by atoms with E-state index >= 15 is 0 Å². The van der Waals surface area contributed by atoms with E-state index in [9.17, 15) is 8.42 Å². The summed E-state index contributed by atoms with van der Waals surface area (Å²) in [6.07, 6.45) is 0. The zero-order chi connectivity index (χ0) is 13.6. The van der Waals surface area contributed by atoms with Crippen LogP contribution in [0.4, 0.5) is 0 Å². The van der Waals surface area contributed by atoms with Crippen molar-refractivity contribution < 1.29 is 8.42 Å². The molecule has 2 N–H and O–H groups in total. The molecule has 0 bridgehead atoms. The van der Waals surface area contributed by atoms with E-state index in [1.54, 1.807) is 4.57 Å². The summed E-state index contributed by atoms with van der Waals surface area (Å²) in [5.74, 6) is 0.606. The van der Waals surface area contributed by atoms with Crippen LogP contribution in [-0.2, 0) is 21.0 Å². The van der Waals surface area contributed by atoms with Gasteiger partial charge in [0, 0.05) is 11.0 Å². The summed E-state index contributed by atoms with van der Waals surface area (Å²) in [5, 5.41) is 12.7. The lowest BCUT2D eigenvalue weighted by atomic mass is 9.94. The summed E-state index contributed by atoms with van der Waals surface area (Å²) in [5.41, 5.74) is -0.753. The highest BCUT2D eigenvalue weighted by atomic mass is 32.2. The lowest BCUT2D eigenvalue weighted by molar-refractivity contribution is 0.327. The van der Waals surface area contributed by atoms with Gasteiger partial charge in [0.2, 0.25) is 0 Å². The van der Waals surface area contributed by atoms with Gasteiger partial charge in [0.15, 0.2) is 0 Å². The molecule has 1 heterocycles. The van der Waals surface area contributed by atoms with Gasteiger partial charge in [-0.25, -0.2) is 13.6 Å². The average Bonchev–Trinajstić information content (AvgIpc) is 2.42. The van der Waals surface area contributed by atoms with Gasteiger partial charge in [0.05, 0.1) is 0 Å². The number of hydrogen-bond acceptors (Lipinski definition) is 4. The number of nitrogens with zero attached hydrogens (tertiary/aromatic N) is 3. The van der Waals surface area contributed by atoms with Crippen molar-refractivity contribution in [2.75, 3.05) is 0 Å². The standard InChI is InChI=1S/C10H20N4O2S/c1-9(2,3)7-12-13-8(17(11,15)16)14(7)10(4,5)6/h1-6H3,(H2,11,15,16). The summed E-state index contributed by atoms with van der Waals surface area (Å²) in [6, 6.07) is 0. The zero-order valence-electron chi connectivity index (χ0n) is 11.1. The van der Waals surface area contributed by atoms with Crippen molar-refractivity contribution in [2.45, 2.75) is 57.7 Å². The molecule has 1 aromatic heterocycles. The first-order valence-corrected chi connectivity index (χ1v) is 6.89. The Bertz CT molecular complexity index is 517. The highest BCUT2D eigenvalue weighted by molar-refractivity contribution is 7.89. The van der Waals surface area contributed by atoms with Crippen molar-refractivity contribution in [1.82, 2.24) is 14.8 Å². The molecule has 1 aromatic rings. The minimum absolute atomic E-state index is 0.185. The molecule has 1 rings (SSSR count). The van der Waals surface area contributed by atoms with Gasteiger partial charge in [0.25, 0.3) is 15.2 Å². The predicted octanol–water partition coefficient (Wildman–Crippen LogP) is 0.978. The van der Waals surface area contributed by atoms with Crippen molar-refractivity contribution in [3.63, 3.8) is 0 Å². The van der Waals surface area contributed by atoms with Crippen LogP contribution in [0.1, 0.15) is 47.4 Å². The van der Waals surface area contributed by atoms with Crippen molar-refractivity contribution in [1.29, 1.82) is 0 Å². The van der Waals surface area contributed by atoms with Crippen LogP contribution < -0.4 is 5.14 Å². The monoisotopic (exact) mass is 260 g/mol. The largest absolute Gasteiger partial charge is 0.295 e. The van der Waals surface area contributed by atoms with Gasteiger partial charge in [0.1, 0.15) is 5.82 Å². The lowest BCUT2D eigenvalue weighted by Gasteiger charge is -2.28. The molecule has 0 spiro atoms. The van der Waals surface area contributed by atoms with Crippen molar-refractivity contribution in [3.05, 3.63) is 5.82 Å². The van der Waals surface area contributed by atoms with Gasteiger partial charge in [-0.05, 0) is 20.8 Å². The Morgan fingerprint density at radius 2 is 1.53 bits per heavy atom. The minimum atomic E-state index is -3.87. The minimum Gasteiger partial charge on any atom is -0.295 e. The van der Waals surface area contributed by atoms with E-state index in [1.807, 2.05) is 41.5 Å². The third kappa shape index (κ3) is 2.84. The molecule has 17 heavy (non-hydrogen) atoms. The molecule has 6 nitrogen and oxygen atoms in total. The summed E-state index contributed by atoms with van der Waals surface area (Å²) in [6.45, 7) is 11.5. The van der Waals surface area contributed by atoms with Gasteiger partial charge in [-0.1, -0.05) is 20.8 Å². The van der Waals surface area contributed by atoms with Crippen LogP contribution in [0.3, 0.4) is 0 Å². The first-order chi connectivity index (χ1) is 7.35. The second-order valence-corrected chi connectivity index (χ2v) is 7.56. The third-order valence-corrected chi connectivity index (χ3v) is 3.00. The maximum absolute atomic E-state index is 11.5. The quantitative estimate of drug-likeness (QED) is 0.814. The van der Waals surface area contributed by atoms with Gasteiger partial charge >= 0.3 is 0 Å². The molecule has 0 aliphatic heterocycles. The van der Waals surface area contributed by atoms with E-state index < -0.39 is 15.6 Å². The van der Waals surface area contributed by atoms with Crippen LogP contribution in [0.2, 0.25) is 0 Å². The Hall–Kier alpha value is -0.950.